The number of benzene rings is 11. The van der Waals surface area contributed by atoms with Crippen molar-refractivity contribution in [2.75, 3.05) is 0 Å². The van der Waals surface area contributed by atoms with Gasteiger partial charge in [-0.05, 0) is 109 Å². The zero-order valence-corrected chi connectivity index (χ0v) is 39.2. The number of nitrogens with one attached hydrogen (secondary N) is 1. The molecule has 332 valence electrons. The molecule has 0 bridgehead atoms. The van der Waals surface area contributed by atoms with Crippen molar-refractivity contribution in [3.63, 3.8) is 0 Å². The normalized spacial score (nSPS) is 14.8. The van der Waals surface area contributed by atoms with Gasteiger partial charge in [-0.15, -0.1) is 0 Å². The average molecular weight is 923 g/mol. The molecule has 71 heavy (non-hydrogen) atoms. The molecule has 15 rings (SSSR count). The summed E-state index contributed by atoms with van der Waals surface area (Å²) < 4.78 is 4.80. The molecule has 13 aromatic rings. The monoisotopic (exact) mass is 922 g/mol. The van der Waals surface area contributed by atoms with Crippen molar-refractivity contribution in [2.24, 2.45) is 4.99 Å². The smallest absolute Gasteiger partial charge is 0.209 e. The molecule has 1 atom stereocenters. The number of aromatic nitrogens is 2. The van der Waals surface area contributed by atoms with E-state index in [-0.39, 0.29) is 6.04 Å². The van der Waals surface area contributed by atoms with Crippen LogP contribution < -0.4 is 5.32 Å². The Hall–Kier alpha value is -8.90. The minimum Gasteiger partial charge on any atom is -0.344 e. The molecule has 4 nitrogen and oxygen atoms in total. The van der Waals surface area contributed by atoms with Crippen LogP contribution >= 0.6 is 11.8 Å². The van der Waals surface area contributed by atoms with Gasteiger partial charge in [-0.25, -0.2) is 4.99 Å². The van der Waals surface area contributed by atoms with Crippen LogP contribution in [-0.2, 0) is 0 Å². The molecule has 2 aliphatic rings. The van der Waals surface area contributed by atoms with E-state index in [4.69, 9.17) is 4.99 Å². The van der Waals surface area contributed by atoms with Gasteiger partial charge in [0.15, 0.2) is 0 Å². The number of aliphatic imine (C=N–C) groups is 1. The van der Waals surface area contributed by atoms with Crippen LogP contribution in [0.15, 0.2) is 253 Å². The largest absolute Gasteiger partial charge is 0.344 e. The van der Waals surface area contributed by atoms with Gasteiger partial charge in [0.2, 0.25) is 5.96 Å². The average Bonchev–Trinajstić information content (AvgIpc) is 4.14. The zero-order chi connectivity index (χ0) is 46.6. The summed E-state index contributed by atoms with van der Waals surface area (Å²) in [5.74, 6) is 0.806. The van der Waals surface area contributed by atoms with E-state index in [2.05, 4.69) is 257 Å². The van der Waals surface area contributed by atoms with E-state index in [9.17, 15) is 0 Å². The topological polar surface area (TPSA) is 34.2 Å². The summed E-state index contributed by atoms with van der Waals surface area (Å²) in [5, 5.41) is 16.3. The Labute approximate surface area is 414 Å². The van der Waals surface area contributed by atoms with Gasteiger partial charge in [0.25, 0.3) is 0 Å². The third kappa shape index (κ3) is 6.23. The number of hydrogen-bond acceptors (Lipinski definition) is 3. The molecule has 2 aliphatic heterocycles. The predicted octanol–water partition coefficient (Wildman–Crippen LogP) is 17.0. The summed E-state index contributed by atoms with van der Waals surface area (Å²) in [6, 6.07) is 86.3. The molecule has 11 aromatic carbocycles. The van der Waals surface area contributed by atoms with Crippen LogP contribution in [0.1, 0.15) is 11.1 Å². The lowest BCUT2D eigenvalue weighted by atomic mass is 9.95. The van der Waals surface area contributed by atoms with Crippen molar-refractivity contribution >= 4 is 104 Å². The van der Waals surface area contributed by atoms with E-state index < -0.39 is 0 Å². The molecule has 1 N–H and O–H groups in total. The summed E-state index contributed by atoms with van der Waals surface area (Å²) in [4.78, 5) is 8.14. The molecular weight excluding hydrogens is 881 g/mol. The van der Waals surface area contributed by atoms with Crippen molar-refractivity contribution in [3.8, 4) is 27.9 Å². The Bertz CT molecular complexity index is 4440. The highest BCUT2D eigenvalue weighted by molar-refractivity contribution is 8.12. The second-order valence-corrected chi connectivity index (χ2v) is 19.8. The fraction of sp³-hybridized carbons (Fsp3) is 0.0152. The van der Waals surface area contributed by atoms with E-state index in [1.165, 1.54) is 103 Å². The first-order chi connectivity index (χ1) is 35.2. The van der Waals surface area contributed by atoms with Gasteiger partial charge in [-0.2, -0.15) is 0 Å². The predicted molar refractivity (Wildman–Crippen MR) is 302 cm³/mol. The van der Waals surface area contributed by atoms with Gasteiger partial charge < -0.3 is 9.88 Å². The molecule has 0 saturated heterocycles. The molecule has 2 aromatic heterocycles. The maximum absolute atomic E-state index is 5.71. The fourth-order valence-electron chi connectivity index (χ4n) is 11.6. The van der Waals surface area contributed by atoms with Crippen LogP contribution in [0.2, 0.25) is 0 Å². The van der Waals surface area contributed by atoms with Crippen LogP contribution in [0.4, 0.5) is 0 Å². The molecule has 4 heterocycles. The van der Waals surface area contributed by atoms with Crippen molar-refractivity contribution in [2.45, 2.75) is 6.04 Å². The lowest BCUT2D eigenvalue weighted by molar-refractivity contribution is 0.835. The molecule has 0 radical (unpaired) electrons. The van der Waals surface area contributed by atoms with E-state index in [1.54, 1.807) is 0 Å². The number of fused-ring (bicyclic) bond motifs is 12. The Morgan fingerprint density at radius 1 is 0.380 bits per heavy atom. The Balaban J connectivity index is 0.948. The van der Waals surface area contributed by atoms with Crippen molar-refractivity contribution < 1.29 is 0 Å². The van der Waals surface area contributed by atoms with Gasteiger partial charge in [0.05, 0.1) is 33.8 Å². The molecule has 0 spiro atoms. The second kappa shape index (κ2) is 15.8. The Kier molecular flexibility index (Phi) is 8.92. The summed E-state index contributed by atoms with van der Waals surface area (Å²) in [6.45, 7) is 0. The van der Waals surface area contributed by atoms with Gasteiger partial charge in [0, 0.05) is 42.6 Å². The number of para-hydroxylation sites is 1. The van der Waals surface area contributed by atoms with Crippen LogP contribution in [0.5, 0.6) is 0 Å². The van der Waals surface area contributed by atoms with Gasteiger partial charge in [-0.1, -0.05) is 206 Å². The summed E-state index contributed by atoms with van der Waals surface area (Å²) in [7, 11) is 0. The van der Waals surface area contributed by atoms with Crippen LogP contribution in [-0.4, -0.2) is 21.1 Å². The number of nitrogens with zero attached hydrogens (tertiary/aromatic N) is 3. The van der Waals surface area contributed by atoms with Gasteiger partial charge >= 0.3 is 0 Å². The number of thioether (sulfide) groups is 1. The number of hydrogen-bond donors (Lipinski definition) is 1. The van der Waals surface area contributed by atoms with E-state index >= 15 is 0 Å². The first kappa shape index (κ1) is 40.0. The lowest BCUT2D eigenvalue weighted by Gasteiger charge is -2.25. The van der Waals surface area contributed by atoms with Crippen molar-refractivity contribution in [1.82, 2.24) is 14.5 Å². The molecule has 0 saturated carbocycles. The molecule has 5 heteroatoms. The van der Waals surface area contributed by atoms with Crippen LogP contribution in [0, 0.1) is 0 Å². The summed E-state index contributed by atoms with van der Waals surface area (Å²) in [6.07, 6.45) is 2.38. The van der Waals surface area contributed by atoms with Crippen LogP contribution in [0.25, 0.3) is 114 Å². The summed E-state index contributed by atoms with van der Waals surface area (Å²) in [5.41, 5.74) is 13.8. The standard InChI is InChI=1S/C66H42N4S/c1-3-18-45(19-4-1)60-40-55-65(71-60)64(46-31-29-44(30-32-46)50-26-13-20-41-15-7-10-23-49(41)50)68-66(67-55)70-56-36-35-47(39-54(56)61-51-24-11-8-16-42(51)33-37-58(61)70)53-27-14-28-57-63(53)62-52-25-12-9-17-43(52)34-38-59(62)69(57)48-21-5-2-6-22-48/h1-40,55H,(H,67,68). The SMILES string of the molecule is C1=C(c2ccccc2)SC2=C(c3ccc(-c4cccc5ccccc45)cc3)N=C(n3c4ccc(-c5cccc6c5c5c7ccccc7ccc5n6-c5ccccc5)cc4c4c5ccccc5ccc43)NC12. The first-order valence-electron chi connectivity index (χ1n) is 24.3. The van der Waals surface area contributed by atoms with Crippen molar-refractivity contribution in [1.29, 1.82) is 0 Å². The lowest BCUT2D eigenvalue weighted by Crippen LogP contribution is -2.40. The third-order valence-electron chi connectivity index (χ3n) is 14.7. The highest BCUT2D eigenvalue weighted by Crippen LogP contribution is 2.49. The first-order valence-corrected chi connectivity index (χ1v) is 25.1. The molecule has 0 aliphatic carbocycles. The Morgan fingerprint density at radius 2 is 0.944 bits per heavy atom. The molecule has 0 fully saturated rings. The maximum Gasteiger partial charge on any atom is 0.209 e. The quantitative estimate of drug-likeness (QED) is 0.187. The summed E-state index contributed by atoms with van der Waals surface area (Å²) >= 11 is 1.82. The molecule has 1 unspecified atom stereocenters. The molecule has 0 amide bonds. The minimum absolute atomic E-state index is 0.0722. The van der Waals surface area contributed by atoms with Crippen LogP contribution in [0.3, 0.4) is 0 Å². The highest BCUT2D eigenvalue weighted by Gasteiger charge is 2.33. The minimum atomic E-state index is -0.0722. The molecular formula is C66H42N4S. The van der Waals surface area contributed by atoms with E-state index in [0.717, 1.165) is 33.9 Å². The second-order valence-electron chi connectivity index (χ2n) is 18.7. The fourth-order valence-corrected chi connectivity index (χ4v) is 12.8. The van der Waals surface area contributed by atoms with E-state index in [0.29, 0.717) is 0 Å². The van der Waals surface area contributed by atoms with Gasteiger partial charge in [0.1, 0.15) is 0 Å². The third-order valence-corrected chi connectivity index (χ3v) is 16.0. The number of rotatable bonds is 5. The van der Waals surface area contributed by atoms with Gasteiger partial charge in [-0.3, -0.25) is 4.57 Å². The Morgan fingerprint density at radius 3 is 1.70 bits per heavy atom. The van der Waals surface area contributed by atoms with Crippen molar-refractivity contribution in [3.05, 3.63) is 259 Å². The zero-order valence-electron chi connectivity index (χ0n) is 38.4. The maximum atomic E-state index is 5.71. The highest BCUT2D eigenvalue weighted by atomic mass is 32.2. The van der Waals surface area contributed by atoms with E-state index in [1.807, 2.05) is 11.8 Å².